The first-order valence-electron chi connectivity index (χ1n) is 3.90. The van der Waals surface area contributed by atoms with Crippen LogP contribution in [0.5, 0.6) is 0 Å². The number of alkyl halides is 2. The summed E-state index contributed by atoms with van der Waals surface area (Å²) in [7, 11) is 0.0722. The Morgan fingerprint density at radius 3 is 1.75 bits per heavy atom. The zero-order valence-corrected chi connectivity index (χ0v) is 11.8. The quantitative estimate of drug-likeness (QED) is 0.542. The highest BCUT2D eigenvalue weighted by atomic mass is 35.5. The van der Waals surface area contributed by atoms with Gasteiger partial charge in [0.05, 0.1) is 0 Å². The van der Waals surface area contributed by atoms with Crippen LogP contribution in [0.4, 0.5) is 0 Å². The van der Waals surface area contributed by atoms with Gasteiger partial charge in [-0.15, -0.1) is 23.2 Å². The third kappa shape index (κ3) is 4.87. The fraction of sp³-hybridized carbons (Fsp3) is 1.00. The van der Waals surface area contributed by atoms with Crippen LogP contribution in [0.25, 0.3) is 0 Å². The highest BCUT2D eigenvalue weighted by Crippen LogP contribution is 2.16. The molecule has 0 N–H and O–H groups in total. The van der Waals surface area contributed by atoms with Crippen molar-refractivity contribution >= 4 is 41.8 Å². The normalized spacial score (nSPS) is 13.5. The molecule has 0 spiro atoms. The Morgan fingerprint density at radius 1 is 1.25 bits per heavy atom. The molecule has 0 saturated heterocycles. The smallest absolute Gasteiger partial charge is 0.176 e. The Kier molecular flexibility index (Phi) is 5.41. The number of nitrogens with zero attached hydrogens (tertiary/aromatic N) is 1. The molecule has 71 valence electrons. The van der Waals surface area contributed by atoms with Crippen LogP contribution < -0.4 is 0 Å². The standard InChI is InChI=1S/C7H16Cl2NSi2/c1-7(2,3)10(12(4)5)11-6(8)9/h6H,1-5H3. The molecule has 0 aliphatic rings. The second-order valence-corrected chi connectivity index (χ2v) is 9.78. The van der Waals surface area contributed by atoms with Gasteiger partial charge in [0.1, 0.15) is 13.4 Å². The van der Waals surface area contributed by atoms with Crippen molar-refractivity contribution in [1.82, 2.24) is 4.23 Å². The van der Waals surface area contributed by atoms with Gasteiger partial charge in [-0.1, -0.05) is 13.1 Å². The van der Waals surface area contributed by atoms with E-state index in [0.717, 1.165) is 0 Å². The van der Waals surface area contributed by atoms with Crippen LogP contribution in [0.3, 0.4) is 0 Å². The SMILES string of the molecule is C[Si](C)N([Si]C(Cl)Cl)C(C)(C)C. The predicted molar refractivity (Wildman–Crippen MR) is 60.3 cm³/mol. The van der Waals surface area contributed by atoms with E-state index >= 15 is 0 Å². The molecule has 0 saturated carbocycles. The lowest BCUT2D eigenvalue weighted by Crippen LogP contribution is -2.52. The van der Waals surface area contributed by atoms with Crippen molar-refractivity contribution in [2.45, 2.75) is 43.9 Å². The van der Waals surface area contributed by atoms with Gasteiger partial charge in [-0.25, -0.2) is 0 Å². The summed E-state index contributed by atoms with van der Waals surface area (Å²) in [5.41, 5.74) is 0.193. The van der Waals surface area contributed by atoms with Gasteiger partial charge in [0.2, 0.25) is 0 Å². The lowest BCUT2D eigenvalue weighted by molar-refractivity contribution is 0.370. The Morgan fingerprint density at radius 2 is 1.67 bits per heavy atom. The van der Waals surface area contributed by atoms with Gasteiger partial charge in [-0.3, -0.25) is 0 Å². The Labute approximate surface area is 90.0 Å². The summed E-state index contributed by atoms with van der Waals surface area (Å²) in [5, 5.41) is 0. The molecule has 12 heavy (non-hydrogen) atoms. The summed E-state index contributed by atoms with van der Waals surface area (Å²) in [5.74, 6) is 0. The number of hydrogen-bond acceptors (Lipinski definition) is 1. The Bertz CT molecular complexity index is 134. The molecule has 1 nitrogen and oxygen atoms in total. The van der Waals surface area contributed by atoms with Gasteiger partial charge < -0.3 is 4.23 Å². The first-order chi connectivity index (χ1) is 5.25. The average molecular weight is 241 g/mol. The molecule has 0 aliphatic carbocycles. The lowest BCUT2D eigenvalue weighted by atomic mass is 10.1. The molecule has 0 fully saturated rings. The van der Waals surface area contributed by atoms with Crippen molar-refractivity contribution in [1.29, 1.82) is 0 Å². The maximum Gasteiger partial charge on any atom is 0.176 e. The fourth-order valence-corrected chi connectivity index (χ4v) is 5.51. The van der Waals surface area contributed by atoms with Crippen molar-refractivity contribution in [3.8, 4) is 0 Å². The molecule has 0 rings (SSSR count). The first-order valence-corrected chi connectivity index (χ1v) is 8.24. The fourth-order valence-electron chi connectivity index (χ4n) is 1.09. The molecule has 0 bridgehead atoms. The monoisotopic (exact) mass is 240 g/mol. The van der Waals surface area contributed by atoms with Crippen LogP contribution in [0, 0.1) is 0 Å². The Hall–Kier alpha value is 0.974. The largest absolute Gasteiger partial charge is 0.342 e. The van der Waals surface area contributed by atoms with Crippen LogP contribution in [0.15, 0.2) is 0 Å². The van der Waals surface area contributed by atoms with Crippen molar-refractivity contribution in [2.24, 2.45) is 0 Å². The van der Waals surface area contributed by atoms with E-state index in [4.69, 9.17) is 23.2 Å². The summed E-state index contributed by atoms with van der Waals surface area (Å²) in [6.07, 6.45) is 0. The summed E-state index contributed by atoms with van der Waals surface area (Å²) in [6, 6.07) is 0. The van der Waals surface area contributed by atoms with E-state index in [9.17, 15) is 0 Å². The van der Waals surface area contributed by atoms with Crippen molar-refractivity contribution in [2.75, 3.05) is 0 Å². The number of rotatable bonds is 3. The van der Waals surface area contributed by atoms with E-state index in [-0.39, 0.29) is 10.00 Å². The van der Waals surface area contributed by atoms with Crippen molar-refractivity contribution < 1.29 is 0 Å². The van der Waals surface area contributed by atoms with Crippen molar-refractivity contribution in [3.63, 3.8) is 0 Å². The lowest BCUT2D eigenvalue weighted by Gasteiger charge is -2.38. The molecule has 5 heteroatoms. The highest BCUT2D eigenvalue weighted by Gasteiger charge is 2.26. The van der Waals surface area contributed by atoms with Gasteiger partial charge in [0, 0.05) is 0 Å². The number of hydrogen-bond donors (Lipinski definition) is 0. The van der Waals surface area contributed by atoms with E-state index in [1.165, 1.54) is 0 Å². The topological polar surface area (TPSA) is 3.24 Å². The third-order valence-electron chi connectivity index (χ3n) is 1.34. The predicted octanol–water partition coefficient (Wildman–Crippen LogP) is 2.72. The van der Waals surface area contributed by atoms with Gasteiger partial charge in [0.15, 0.2) is 9.68 Å². The molecule has 0 atom stereocenters. The van der Waals surface area contributed by atoms with Gasteiger partial charge in [0.25, 0.3) is 0 Å². The molecule has 0 aromatic carbocycles. The molecule has 0 aliphatic heterocycles. The molecule has 0 aromatic rings. The van der Waals surface area contributed by atoms with Crippen LogP contribution in [-0.2, 0) is 0 Å². The zero-order chi connectivity index (χ0) is 9.94. The van der Waals surface area contributed by atoms with Crippen LogP contribution in [-0.4, -0.2) is 32.9 Å². The minimum Gasteiger partial charge on any atom is -0.342 e. The molecule has 0 amide bonds. The second-order valence-electron chi connectivity index (χ2n) is 3.88. The molecule has 0 aromatic heterocycles. The average Bonchev–Trinajstić information content (AvgIpc) is 1.79. The summed E-state index contributed by atoms with van der Waals surface area (Å²) < 4.78 is 2.17. The van der Waals surface area contributed by atoms with Crippen LogP contribution >= 0.6 is 23.2 Å². The summed E-state index contributed by atoms with van der Waals surface area (Å²) in [4.78, 5) is 0. The van der Waals surface area contributed by atoms with Crippen molar-refractivity contribution in [3.05, 3.63) is 0 Å². The highest BCUT2D eigenvalue weighted by molar-refractivity contribution is 6.74. The zero-order valence-electron chi connectivity index (χ0n) is 8.28. The molecular weight excluding hydrogens is 225 g/mol. The first kappa shape index (κ1) is 13.0. The van der Waals surface area contributed by atoms with E-state index in [0.29, 0.717) is 9.68 Å². The third-order valence-corrected chi connectivity index (χ3v) is 6.35. The molecule has 0 heterocycles. The van der Waals surface area contributed by atoms with Gasteiger partial charge >= 0.3 is 0 Å². The maximum atomic E-state index is 5.78. The molecule has 3 radical (unpaired) electrons. The van der Waals surface area contributed by atoms with E-state index in [1.807, 2.05) is 0 Å². The Balaban J connectivity index is 4.25. The van der Waals surface area contributed by atoms with E-state index in [1.54, 1.807) is 0 Å². The second kappa shape index (κ2) is 5.00. The maximum absolute atomic E-state index is 5.78. The van der Waals surface area contributed by atoms with E-state index in [2.05, 4.69) is 38.1 Å². The molecule has 0 unspecified atom stereocenters. The van der Waals surface area contributed by atoms with Crippen LogP contribution in [0.1, 0.15) is 20.8 Å². The summed E-state index contributed by atoms with van der Waals surface area (Å²) >= 11 is 11.6. The van der Waals surface area contributed by atoms with Crippen LogP contribution in [0.2, 0.25) is 13.1 Å². The van der Waals surface area contributed by atoms with E-state index < -0.39 is 8.96 Å². The number of halogens is 2. The summed E-state index contributed by atoms with van der Waals surface area (Å²) in [6.45, 7) is 11.1. The minimum absolute atomic E-state index is 0.193. The van der Waals surface area contributed by atoms with Gasteiger partial charge in [-0.05, 0) is 26.3 Å². The minimum atomic E-state index is -0.449. The molecular formula is C7H16Cl2NSi2. The van der Waals surface area contributed by atoms with Gasteiger partial charge in [-0.2, -0.15) is 0 Å².